The minimum atomic E-state index is -0.772. The number of rotatable bonds is 10. The van der Waals surface area contributed by atoms with E-state index in [1.54, 1.807) is 30.3 Å². The molecule has 7 N–H and O–H groups in total. The van der Waals surface area contributed by atoms with Crippen LogP contribution in [0.3, 0.4) is 0 Å². The van der Waals surface area contributed by atoms with E-state index in [2.05, 4.69) is 15.6 Å². The third-order valence-electron chi connectivity index (χ3n) is 6.15. The van der Waals surface area contributed by atoms with E-state index in [1.807, 2.05) is 37.3 Å². The Balaban J connectivity index is 1.33. The molecule has 8 heteroatoms. The zero-order chi connectivity index (χ0) is 25.7. The molecule has 0 saturated carbocycles. The van der Waals surface area contributed by atoms with Gasteiger partial charge in [-0.2, -0.15) is 0 Å². The van der Waals surface area contributed by atoms with Crippen molar-refractivity contribution in [3.05, 3.63) is 94.7 Å². The lowest BCUT2D eigenvalue weighted by Crippen LogP contribution is -2.32. The van der Waals surface area contributed by atoms with Crippen LogP contribution in [0.2, 0.25) is 0 Å². The average molecular weight is 490 g/mol. The topological polar surface area (TPSA) is 138 Å². The van der Waals surface area contributed by atoms with Gasteiger partial charge in [0.05, 0.1) is 12.7 Å². The molecule has 2 atom stereocenters. The predicted molar refractivity (Wildman–Crippen MR) is 138 cm³/mol. The molecule has 1 aromatic heterocycles. The Morgan fingerprint density at radius 3 is 2.61 bits per heavy atom. The molecule has 1 amide bonds. The van der Waals surface area contributed by atoms with Crippen molar-refractivity contribution >= 4 is 16.8 Å². The fourth-order valence-corrected chi connectivity index (χ4v) is 4.17. The highest BCUT2D eigenvalue weighted by molar-refractivity contribution is 5.98. The van der Waals surface area contributed by atoms with E-state index in [0.29, 0.717) is 29.9 Å². The number of phenolic OH excluding ortho intramolecular Hbond substituents is 1. The summed E-state index contributed by atoms with van der Waals surface area (Å²) in [4.78, 5) is 15.7. The number of aromatic amines is 1. The Kier molecular flexibility index (Phi) is 7.90. The number of carbonyl (C=O) groups excluding carboxylic acids is 1. The Morgan fingerprint density at radius 2 is 1.83 bits per heavy atom. The number of nitrogens with one attached hydrogen (secondary N) is 3. The predicted octanol–water partition coefficient (Wildman–Crippen LogP) is 3.26. The molecular weight excluding hydrogens is 458 g/mol. The lowest BCUT2D eigenvalue weighted by atomic mass is 10.0. The van der Waals surface area contributed by atoms with Gasteiger partial charge in [-0.1, -0.05) is 24.3 Å². The fraction of sp³-hybridized carbons (Fsp3) is 0.250. The van der Waals surface area contributed by atoms with Crippen LogP contribution in [-0.2, 0) is 19.6 Å². The van der Waals surface area contributed by atoms with E-state index < -0.39 is 6.10 Å². The maximum atomic E-state index is 12.6. The number of aromatic nitrogens is 1. The molecule has 36 heavy (non-hydrogen) atoms. The normalized spacial score (nSPS) is 13.0. The number of aliphatic hydroxyl groups excluding tert-OH is 2. The number of fused-ring (bicyclic) bond motifs is 1. The first-order valence-electron chi connectivity index (χ1n) is 11.8. The van der Waals surface area contributed by atoms with E-state index in [1.165, 1.54) is 6.07 Å². The summed E-state index contributed by atoms with van der Waals surface area (Å²) in [6.45, 7) is 2.38. The third kappa shape index (κ3) is 6.23. The van der Waals surface area contributed by atoms with Gasteiger partial charge in [-0.15, -0.1) is 0 Å². The quantitative estimate of drug-likeness (QED) is 0.183. The summed E-state index contributed by atoms with van der Waals surface area (Å²) < 4.78 is 0. The van der Waals surface area contributed by atoms with Crippen LogP contribution in [0.15, 0.2) is 66.7 Å². The van der Waals surface area contributed by atoms with Gasteiger partial charge in [0.25, 0.3) is 5.91 Å². The first-order chi connectivity index (χ1) is 17.3. The monoisotopic (exact) mass is 489 g/mol. The van der Waals surface area contributed by atoms with Crippen LogP contribution in [-0.4, -0.2) is 43.9 Å². The molecule has 0 fully saturated rings. The van der Waals surface area contributed by atoms with E-state index in [9.17, 15) is 25.2 Å². The van der Waals surface area contributed by atoms with Crippen molar-refractivity contribution in [2.75, 3.05) is 6.54 Å². The van der Waals surface area contributed by atoms with Crippen molar-refractivity contribution in [3.63, 3.8) is 0 Å². The summed E-state index contributed by atoms with van der Waals surface area (Å²) in [5, 5.41) is 46.2. The van der Waals surface area contributed by atoms with Crippen LogP contribution in [0.1, 0.15) is 45.8 Å². The molecule has 0 spiro atoms. The van der Waals surface area contributed by atoms with Crippen LogP contribution in [0.25, 0.3) is 10.9 Å². The second-order valence-corrected chi connectivity index (χ2v) is 9.03. The van der Waals surface area contributed by atoms with Gasteiger partial charge in [-0.25, -0.2) is 0 Å². The lowest BCUT2D eigenvalue weighted by molar-refractivity contribution is 0.0946. The van der Waals surface area contributed by atoms with Gasteiger partial charge in [0, 0.05) is 35.6 Å². The number of hydrogen-bond donors (Lipinski definition) is 7. The van der Waals surface area contributed by atoms with Gasteiger partial charge < -0.3 is 36.0 Å². The standard InChI is InChI=1S/C28H31N3O5/c1-17(29-15-27(35)20-6-8-26(34)22(12-20)16-32)9-18-5-7-24-21(10-18)13-25(31-24)28(36)30-14-19-3-2-4-23(33)11-19/h2-8,10-13,17,27,29,31-35H,9,14-16H2,1H3,(H,30,36)/t17-,27+/m1/s1. The SMILES string of the molecule is C[C@H](Cc1ccc2[nH]c(C(=O)NCc3cccc(O)c3)cc2c1)NC[C@H](O)c1ccc(O)c(CO)c1. The Bertz CT molecular complexity index is 1350. The maximum Gasteiger partial charge on any atom is 0.267 e. The molecule has 4 rings (SSSR count). The second-order valence-electron chi connectivity index (χ2n) is 9.03. The Labute approximate surface area is 209 Å². The highest BCUT2D eigenvalue weighted by Crippen LogP contribution is 2.23. The number of aromatic hydroxyl groups is 2. The largest absolute Gasteiger partial charge is 0.508 e. The van der Waals surface area contributed by atoms with E-state index in [0.717, 1.165) is 28.5 Å². The molecule has 3 aromatic carbocycles. The molecule has 1 heterocycles. The number of benzene rings is 3. The van der Waals surface area contributed by atoms with Crippen molar-refractivity contribution in [2.24, 2.45) is 0 Å². The van der Waals surface area contributed by atoms with Crippen molar-refractivity contribution in [3.8, 4) is 11.5 Å². The molecule has 0 unspecified atom stereocenters. The second kappa shape index (κ2) is 11.3. The molecule has 0 aliphatic rings. The third-order valence-corrected chi connectivity index (χ3v) is 6.15. The molecule has 0 aliphatic heterocycles. The van der Waals surface area contributed by atoms with Crippen molar-refractivity contribution in [1.29, 1.82) is 0 Å². The molecule has 0 aliphatic carbocycles. The summed E-state index contributed by atoms with van der Waals surface area (Å²) in [5.41, 5.74) is 4.24. The van der Waals surface area contributed by atoms with E-state index in [4.69, 9.17) is 0 Å². The van der Waals surface area contributed by atoms with Crippen LogP contribution in [0, 0.1) is 0 Å². The highest BCUT2D eigenvalue weighted by Gasteiger charge is 2.14. The van der Waals surface area contributed by atoms with Gasteiger partial charge in [-0.3, -0.25) is 4.79 Å². The summed E-state index contributed by atoms with van der Waals surface area (Å²) in [6, 6.07) is 19.4. The summed E-state index contributed by atoms with van der Waals surface area (Å²) >= 11 is 0. The van der Waals surface area contributed by atoms with Crippen molar-refractivity contribution in [1.82, 2.24) is 15.6 Å². The number of aliphatic hydroxyl groups is 2. The van der Waals surface area contributed by atoms with E-state index in [-0.39, 0.29) is 30.1 Å². The molecule has 0 saturated heterocycles. The average Bonchev–Trinajstić information content (AvgIpc) is 3.30. The van der Waals surface area contributed by atoms with Crippen LogP contribution < -0.4 is 10.6 Å². The number of hydrogen-bond acceptors (Lipinski definition) is 6. The summed E-state index contributed by atoms with van der Waals surface area (Å²) in [6.07, 6.45) is -0.0453. The number of phenols is 2. The minimum Gasteiger partial charge on any atom is -0.508 e. The highest BCUT2D eigenvalue weighted by atomic mass is 16.3. The van der Waals surface area contributed by atoms with Crippen LogP contribution in [0.5, 0.6) is 11.5 Å². The molecule has 0 bridgehead atoms. The molecule has 8 nitrogen and oxygen atoms in total. The summed E-state index contributed by atoms with van der Waals surface area (Å²) in [5.74, 6) is -0.0555. The Hall–Kier alpha value is -3.85. The van der Waals surface area contributed by atoms with Crippen LogP contribution >= 0.6 is 0 Å². The first kappa shape index (κ1) is 25.2. The number of carbonyl (C=O) groups is 1. The smallest absolute Gasteiger partial charge is 0.267 e. The van der Waals surface area contributed by atoms with Gasteiger partial charge in [0.15, 0.2) is 0 Å². The van der Waals surface area contributed by atoms with Crippen molar-refractivity contribution in [2.45, 2.75) is 38.6 Å². The number of amides is 1. The first-order valence-corrected chi connectivity index (χ1v) is 11.8. The molecule has 0 radical (unpaired) electrons. The number of H-pyrrole nitrogens is 1. The Morgan fingerprint density at radius 1 is 1.00 bits per heavy atom. The van der Waals surface area contributed by atoms with Gasteiger partial charge in [-0.05, 0) is 72.5 Å². The van der Waals surface area contributed by atoms with Gasteiger partial charge >= 0.3 is 0 Å². The van der Waals surface area contributed by atoms with Crippen LogP contribution in [0.4, 0.5) is 0 Å². The van der Waals surface area contributed by atoms with Crippen molar-refractivity contribution < 1.29 is 25.2 Å². The molecular formula is C28H31N3O5. The minimum absolute atomic E-state index is 0.00653. The van der Waals surface area contributed by atoms with E-state index >= 15 is 0 Å². The molecule has 188 valence electrons. The van der Waals surface area contributed by atoms with Gasteiger partial charge in [0.2, 0.25) is 0 Å². The zero-order valence-corrected chi connectivity index (χ0v) is 20.0. The fourth-order valence-electron chi connectivity index (χ4n) is 4.17. The zero-order valence-electron chi connectivity index (χ0n) is 20.0. The maximum absolute atomic E-state index is 12.6. The molecule has 4 aromatic rings. The summed E-state index contributed by atoms with van der Waals surface area (Å²) in [7, 11) is 0. The lowest BCUT2D eigenvalue weighted by Gasteiger charge is -2.18. The van der Waals surface area contributed by atoms with Gasteiger partial charge in [0.1, 0.15) is 17.2 Å².